The summed E-state index contributed by atoms with van der Waals surface area (Å²) in [5.41, 5.74) is -0.454. The van der Waals surface area contributed by atoms with Gasteiger partial charge in [0.2, 0.25) is 5.91 Å². The van der Waals surface area contributed by atoms with Crippen LogP contribution in [0.15, 0.2) is 42.5 Å². The number of carbonyl (C=O) groups is 3. The summed E-state index contributed by atoms with van der Waals surface area (Å²) in [7, 11) is 0. The standard InChI is InChI=1S/C23H27N3O3/c1-15-11-16(2)13-25(12-15)20(27)14-26-21(28)23(3,24-22(26)29)19-10-6-8-17-7-4-5-9-18(17)19/h4-10,15-16H,11-14H2,1-3H3,(H,24,29)/t15-,16-,23-/m1/s1. The van der Waals surface area contributed by atoms with Gasteiger partial charge in [0.1, 0.15) is 12.1 Å². The van der Waals surface area contributed by atoms with Crippen molar-refractivity contribution in [2.75, 3.05) is 19.6 Å². The van der Waals surface area contributed by atoms with Crippen LogP contribution in [-0.2, 0) is 15.1 Å². The highest BCUT2D eigenvalue weighted by Crippen LogP contribution is 2.34. The third-order valence-corrected chi connectivity index (χ3v) is 6.12. The van der Waals surface area contributed by atoms with E-state index in [0.717, 1.165) is 27.7 Å². The number of nitrogens with one attached hydrogen (secondary N) is 1. The second kappa shape index (κ2) is 7.17. The molecule has 2 aliphatic rings. The number of hydrogen-bond acceptors (Lipinski definition) is 3. The molecule has 0 unspecified atom stereocenters. The summed E-state index contributed by atoms with van der Waals surface area (Å²) < 4.78 is 0. The number of hydrogen-bond donors (Lipinski definition) is 1. The van der Waals surface area contributed by atoms with Crippen molar-refractivity contribution in [2.24, 2.45) is 11.8 Å². The molecular formula is C23H27N3O3. The van der Waals surface area contributed by atoms with Crippen molar-refractivity contribution in [1.82, 2.24) is 15.1 Å². The van der Waals surface area contributed by atoms with Gasteiger partial charge in [-0.3, -0.25) is 14.5 Å². The van der Waals surface area contributed by atoms with Crippen molar-refractivity contribution >= 4 is 28.6 Å². The summed E-state index contributed by atoms with van der Waals surface area (Å²) in [6.07, 6.45) is 1.09. The molecule has 1 N–H and O–H groups in total. The molecule has 29 heavy (non-hydrogen) atoms. The molecule has 6 nitrogen and oxygen atoms in total. The molecule has 2 aromatic rings. The Bertz CT molecular complexity index is 973. The molecule has 3 atom stereocenters. The number of urea groups is 1. The summed E-state index contributed by atoms with van der Waals surface area (Å²) >= 11 is 0. The van der Waals surface area contributed by atoms with Gasteiger partial charge in [-0.2, -0.15) is 0 Å². The van der Waals surface area contributed by atoms with Gasteiger partial charge in [-0.1, -0.05) is 56.3 Å². The van der Waals surface area contributed by atoms with E-state index < -0.39 is 11.6 Å². The lowest BCUT2D eigenvalue weighted by molar-refractivity contribution is -0.140. The second-order valence-corrected chi connectivity index (χ2v) is 8.72. The van der Waals surface area contributed by atoms with E-state index in [-0.39, 0.29) is 18.4 Å². The van der Waals surface area contributed by atoms with Gasteiger partial charge in [0.15, 0.2) is 0 Å². The van der Waals surface area contributed by atoms with E-state index >= 15 is 0 Å². The number of rotatable bonds is 3. The van der Waals surface area contributed by atoms with Crippen LogP contribution in [0.1, 0.15) is 32.8 Å². The van der Waals surface area contributed by atoms with Gasteiger partial charge < -0.3 is 10.2 Å². The molecular weight excluding hydrogens is 366 g/mol. The molecule has 0 radical (unpaired) electrons. The van der Waals surface area contributed by atoms with E-state index in [2.05, 4.69) is 19.2 Å². The fourth-order valence-electron chi connectivity index (χ4n) is 4.79. The van der Waals surface area contributed by atoms with Crippen molar-refractivity contribution in [2.45, 2.75) is 32.7 Å². The predicted molar refractivity (Wildman–Crippen MR) is 111 cm³/mol. The lowest BCUT2D eigenvalue weighted by Crippen LogP contribution is -2.48. The van der Waals surface area contributed by atoms with E-state index in [1.54, 1.807) is 11.8 Å². The van der Waals surface area contributed by atoms with Gasteiger partial charge >= 0.3 is 6.03 Å². The van der Waals surface area contributed by atoms with E-state index in [1.165, 1.54) is 0 Å². The first-order chi connectivity index (χ1) is 13.8. The van der Waals surface area contributed by atoms with Gasteiger partial charge in [-0.25, -0.2) is 4.79 Å². The van der Waals surface area contributed by atoms with E-state index in [0.29, 0.717) is 24.9 Å². The first kappa shape index (κ1) is 19.4. The topological polar surface area (TPSA) is 69.7 Å². The molecule has 152 valence electrons. The van der Waals surface area contributed by atoms with Crippen molar-refractivity contribution in [1.29, 1.82) is 0 Å². The zero-order valence-electron chi connectivity index (χ0n) is 17.1. The average molecular weight is 393 g/mol. The van der Waals surface area contributed by atoms with Crippen molar-refractivity contribution in [3.8, 4) is 0 Å². The third-order valence-electron chi connectivity index (χ3n) is 6.12. The minimum Gasteiger partial charge on any atom is -0.341 e. The van der Waals surface area contributed by atoms with Crippen LogP contribution in [-0.4, -0.2) is 47.3 Å². The zero-order valence-corrected chi connectivity index (χ0v) is 17.1. The Morgan fingerprint density at radius 3 is 2.45 bits per heavy atom. The van der Waals surface area contributed by atoms with Crippen LogP contribution in [0.25, 0.3) is 10.8 Å². The Kier molecular flexibility index (Phi) is 4.81. The van der Waals surface area contributed by atoms with Crippen LogP contribution < -0.4 is 5.32 Å². The van der Waals surface area contributed by atoms with Crippen LogP contribution in [0.4, 0.5) is 4.79 Å². The first-order valence-corrected chi connectivity index (χ1v) is 10.2. The Morgan fingerprint density at radius 1 is 1.07 bits per heavy atom. The number of benzene rings is 2. The smallest absolute Gasteiger partial charge is 0.325 e. The largest absolute Gasteiger partial charge is 0.341 e. The Balaban J connectivity index is 1.59. The molecule has 4 rings (SSSR count). The van der Waals surface area contributed by atoms with Gasteiger partial charge in [0.05, 0.1) is 0 Å². The van der Waals surface area contributed by atoms with Crippen LogP contribution in [0.5, 0.6) is 0 Å². The maximum absolute atomic E-state index is 13.3. The fourth-order valence-corrected chi connectivity index (χ4v) is 4.79. The first-order valence-electron chi connectivity index (χ1n) is 10.2. The minimum atomic E-state index is -1.19. The molecule has 0 bridgehead atoms. The molecule has 2 saturated heterocycles. The predicted octanol–water partition coefficient (Wildman–Crippen LogP) is 3.11. The number of carbonyl (C=O) groups excluding carboxylic acids is 3. The lowest BCUT2D eigenvalue weighted by Gasteiger charge is -2.35. The number of likely N-dealkylation sites (tertiary alicyclic amines) is 1. The third kappa shape index (κ3) is 3.37. The SMILES string of the molecule is C[C@@H]1C[C@@H](C)CN(C(=O)CN2C(=O)N[C@](C)(c3cccc4ccccc34)C2=O)C1. The lowest BCUT2D eigenvalue weighted by atomic mass is 9.88. The van der Waals surface area contributed by atoms with Crippen molar-refractivity contribution in [3.05, 3.63) is 48.0 Å². The highest BCUT2D eigenvalue weighted by molar-refractivity contribution is 6.10. The number of imide groups is 1. The summed E-state index contributed by atoms with van der Waals surface area (Å²) in [5.74, 6) is 0.290. The van der Waals surface area contributed by atoms with Crippen LogP contribution in [0.2, 0.25) is 0 Å². The molecule has 0 saturated carbocycles. The number of nitrogens with zero attached hydrogens (tertiary/aromatic N) is 2. The zero-order chi connectivity index (χ0) is 20.8. The van der Waals surface area contributed by atoms with E-state index in [9.17, 15) is 14.4 Å². The highest BCUT2D eigenvalue weighted by atomic mass is 16.2. The van der Waals surface area contributed by atoms with Gasteiger partial charge in [-0.15, -0.1) is 0 Å². The maximum atomic E-state index is 13.3. The number of amides is 4. The molecule has 4 amide bonds. The number of fused-ring (bicyclic) bond motifs is 1. The monoisotopic (exact) mass is 393 g/mol. The molecule has 0 aliphatic carbocycles. The van der Waals surface area contributed by atoms with Gasteiger partial charge in [-0.05, 0) is 41.5 Å². The molecule has 0 aromatic heterocycles. The van der Waals surface area contributed by atoms with E-state index in [4.69, 9.17) is 0 Å². The molecule has 2 heterocycles. The molecule has 2 aromatic carbocycles. The van der Waals surface area contributed by atoms with Gasteiger partial charge in [0.25, 0.3) is 5.91 Å². The van der Waals surface area contributed by atoms with Crippen LogP contribution >= 0.6 is 0 Å². The Morgan fingerprint density at radius 2 is 1.72 bits per heavy atom. The quantitative estimate of drug-likeness (QED) is 0.815. The fraction of sp³-hybridized carbons (Fsp3) is 0.435. The van der Waals surface area contributed by atoms with Crippen molar-refractivity contribution < 1.29 is 14.4 Å². The average Bonchev–Trinajstić information content (AvgIpc) is 2.90. The van der Waals surface area contributed by atoms with Gasteiger partial charge in [0, 0.05) is 13.1 Å². The molecule has 6 heteroatoms. The Hall–Kier alpha value is -2.89. The molecule has 2 fully saturated rings. The number of piperidine rings is 1. The summed E-state index contributed by atoms with van der Waals surface area (Å²) in [4.78, 5) is 41.7. The minimum absolute atomic E-state index is 0.172. The molecule has 2 aliphatic heterocycles. The van der Waals surface area contributed by atoms with E-state index in [1.807, 2.05) is 42.5 Å². The normalized spacial score (nSPS) is 27.4. The maximum Gasteiger partial charge on any atom is 0.325 e. The summed E-state index contributed by atoms with van der Waals surface area (Å²) in [5, 5.41) is 4.75. The highest BCUT2D eigenvalue weighted by Gasteiger charge is 2.50. The summed E-state index contributed by atoms with van der Waals surface area (Å²) in [6, 6.07) is 13.0. The van der Waals surface area contributed by atoms with Crippen molar-refractivity contribution in [3.63, 3.8) is 0 Å². The van der Waals surface area contributed by atoms with Crippen LogP contribution in [0.3, 0.4) is 0 Å². The van der Waals surface area contributed by atoms with Crippen LogP contribution in [0, 0.1) is 11.8 Å². The Labute approximate surface area is 170 Å². The molecule has 0 spiro atoms. The second-order valence-electron chi connectivity index (χ2n) is 8.72. The summed E-state index contributed by atoms with van der Waals surface area (Å²) in [6.45, 7) is 7.10.